The van der Waals surface area contributed by atoms with Crippen molar-refractivity contribution in [3.05, 3.63) is 34.9 Å². The van der Waals surface area contributed by atoms with E-state index in [2.05, 4.69) is 0 Å². The van der Waals surface area contributed by atoms with Crippen LogP contribution in [0, 0.1) is 0 Å². The second-order valence-corrected chi connectivity index (χ2v) is 5.73. The number of hydrogen-bond donors (Lipinski definition) is 1. The van der Waals surface area contributed by atoms with Crippen molar-refractivity contribution in [1.82, 2.24) is 4.90 Å². The van der Waals surface area contributed by atoms with Gasteiger partial charge < -0.3 is 10.6 Å². The van der Waals surface area contributed by atoms with E-state index in [0.717, 1.165) is 24.4 Å². The molecule has 0 bridgehead atoms. The van der Waals surface area contributed by atoms with Gasteiger partial charge in [0.25, 0.3) is 0 Å². The molecule has 104 valence electrons. The third-order valence-electron chi connectivity index (χ3n) is 3.64. The molecule has 1 aliphatic heterocycles. The molecule has 0 saturated carbocycles. The monoisotopic (exact) mass is 280 g/mol. The van der Waals surface area contributed by atoms with Crippen molar-refractivity contribution in [3.63, 3.8) is 0 Å². The molecule has 1 aliphatic rings. The Morgan fingerprint density at radius 3 is 2.68 bits per heavy atom. The van der Waals surface area contributed by atoms with Crippen molar-refractivity contribution < 1.29 is 4.79 Å². The molecule has 1 saturated heterocycles. The number of nitrogens with zero attached hydrogens (tertiary/aromatic N) is 1. The highest BCUT2D eigenvalue weighted by molar-refractivity contribution is 6.30. The fraction of sp³-hybridized carbons (Fsp3) is 0.533. The van der Waals surface area contributed by atoms with Crippen LogP contribution in [0.1, 0.15) is 37.7 Å². The molecular formula is C15H21ClN2O. The summed E-state index contributed by atoms with van der Waals surface area (Å²) in [6.45, 7) is 3.48. The van der Waals surface area contributed by atoms with Gasteiger partial charge in [0.05, 0.1) is 0 Å². The van der Waals surface area contributed by atoms with Crippen LogP contribution in [0.15, 0.2) is 24.3 Å². The number of halogens is 1. The van der Waals surface area contributed by atoms with Crippen molar-refractivity contribution in [2.75, 3.05) is 13.1 Å². The van der Waals surface area contributed by atoms with Crippen LogP contribution in [0.25, 0.3) is 0 Å². The third-order valence-corrected chi connectivity index (χ3v) is 3.89. The molecule has 1 fully saturated rings. The van der Waals surface area contributed by atoms with Gasteiger partial charge in [-0.2, -0.15) is 0 Å². The molecule has 1 aromatic carbocycles. The molecule has 19 heavy (non-hydrogen) atoms. The molecule has 0 aliphatic carbocycles. The van der Waals surface area contributed by atoms with E-state index in [1.54, 1.807) is 0 Å². The van der Waals surface area contributed by atoms with E-state index in [4.69, 9.17) is 17.3 Å². The first-order chi connectivity index (χ1) is 9.10. The van der Waals surface area contributed by atoms with Crippen LogP contribution in [0.5, 0.6) is 0 Å². The molecule has 0 aromatic heterocycles. The van der Waals surface area contributed by atoms with Gasteiger partial charge in [-0.1, -0.05) is 30.7 Å². The summed E-state index contributed by atoms with van der Waals surface area (Å²) in [4.78, 5) is 13.9. The van der Waals surface area contributed by atoms with E-state index in [9.17, 15) is 4.79 Å². The SMILES string of the molecule is CCCC(=O)N1CC(N)CC(c2ccc(Cl)cc2)C1. The van der Waals surface area contributed by atoms with Gasteiger partial charge in [-0.15, -0.1) is 0 Å². The van der Waals surface area contributed by atoms with Gasteiger partial charge in [0.1, 0.15) is 0 Å². The van der Waals surface area contributed by atoms with Crippen LogP contribution in [-0.4, -0.2) is 29.9 Å². The fourth-order valence-electron chi connectivity index (χ4n) is 2.69. The minimum absolute atomic E-state index is 0.0650. The Morgan fingerprint density at radius 1 is 1.37 bits per heavy atom. The highest BCUT2D eigenvalue weighted by Crippen LogP contribution is 2.27. The molecule has 1 heterocycles. The smallest absolute Gasteiger partial charge is 0.222 e. The maximum atomic E-state index is 12.0. The summed E-state index contributed by atoms with van der Waals surface area (Å²) in [5.74, 6) is 0.540. The Bertz CT molecular complexity index is 432. The van der Waals surface area contributed by atoms with Crippen LogP contribution < -0.4 is 5.73 Å². The van der Waals surface area contributed by atoms with E-state index in [1.165, 1.54) is 5.56 Å². The lowest BCUT2D eigenvalue weighted by Gasteiger charge is -2.36. The first-order valence-corrected chi connectivity index (χ1v) is 7.26. The van der Waals surface area contributed by atoms with Gasteiger partial charge in [0.2, 0.25) is 5.91 Å². The predicted octanol–water partition coefficient (Wildman–Crippen LogP) is 2.78. The maximum Gasteiger partial charge on any atom is 0.222 e. The first kappa shape index (κ1) is 14.4. The lowest BCUT2D eigenvalue weighted by Crippen LogP contribution is -2.48. The maximum absolute atomic E-state index is 12.0. The molecule has 0 radical (unpaired) electrons. The Hall–Kier alpha value is -1.06. The van der Waals surface area contributed by atoms with E-state index in [-0.39, 0.29) is 11.9 Å². The lowest BCUT2D eigenvalue weighted by atomic mass is 9.88. The van der Waals surface area contributed by atoms with E-state index in [0.29, 0.717) is 18.9 Å². The zero-order valence-electron chi connectivity index (χ0n) is 11.3. The summed E-state index contributed by atoms with van der Waals surface area (Å²) >= 11 is 5.91. The lowest BCUT2D eigenvalue weighted by molar-refractivity contribution is -0.132. The molecule has 4 heteroatoms. The number of benzene rings is 1. The summed E-state index contributed by atoms with van der Waals surface area (Å²) in [6, 6.07) is 7.93. The fourth-order valence-corrected chi connectivity index (χ4v) is 2.82. The minimum atomic E-state index is 0.0650. The van der Waals surface area contributed by atoms with Crippen LogP contribution in [0.3, 0.4) is 0 Å². The molecule has 2 rings (SSSR count). The number of amides is 1. The number of piperidine rings is 1. The normalized spacial score (nSPS) is 23.4. The number of nitrogens with two attached hydrogens (primary N) is 1. The van der Waals surface area contributed by atoms with Crippen LogP contribution in [0.2, 0.25) is 5.02 Å². The molecule has 2 unspecified atom stereocenters. The number of carbonyl (C=O) groups is 1. The minimum Gasteiger partial charge on any atom is -0.341 e. The highest BCUT2D eigenvalue weighted by Gasteiger charge is 2.28. The molecular weight excluding hydrogens is 260 g/mol. The third kappa shape index (κ3) is 3.71. The van der Waals surface area contributed by atoms with Gasteiger partial charge in [-0.25, -0.2) is 0 Å². The molecule has 1 aromatic rings. The summed E-state index contributed by atoms with van der Waals surface area (Å²) in [6.07, 6.45) is 2.42. The summed E-state index contributed by atoms with van der Waals surface area (Å²) in [5.41, 5.74) is 7.31. The van der Waals surface area contributed by atoms with Crippen molar-refractivity contribution in [2.24, 2.45) is 5.73 Å². The largest absolute Gasteiger partial charge is 0.341 e. The zero-order valence-corrected chi connectivity index (χ0v) is 12.1. The van der Waals surface area contributed by atoms with Crippen LogP contribution >= 0.6 is 11.6 Å². The average molecular weight is 281 g/mol. The second-order valence-electron chi connectivity index (χ2n) is 5.29. The number of rotatable bonds is 3. The van der Waals surface area contributed by atoms with Crippen molar-refractivity contribution in [3.8, 4) is 0 Å². The highest BCUT2D eigenvalue weighted by atomic mass is 35.5. The van der Waals surface area contributed by atoms with E-state index >= 15 is 0 Å². The van der Waals surface area contributed by atoms with Gasteiger partial charge in [-0.3, -0.25) is 4.79 Å². The Kier molecular flexibility index (Phi) is 4.83. The number of carbonyl (C=O) groups excluding carboxylic acids is 1. The van der Waals surface area contributed by atoms with Crippen molar-refractivity contribution in [2.45, 2.75) is 38.1 Å². The van der Waals surface area contributed by atoms with E-state index in [1.807, 2.05) is 36.1 Å². The summed E-state index contributed by atoms with van der Waals surface area (Å²) < 4.78 is 0. The van der Waals surface area contributed by atoms with E-state index < -0.39 is 0 Å². The number of hydrogen-bond acceptors (Lipinski definition) is 2. The second kappa shape index (κ2) is 6.40. The molecule has 2 N–H and O–H groups in total. The Morgan fingerprint density at radius 2 is 2.05 bits per heavy atom. The molecule has 3 nitrogen and oxygen atoms in total. The predicted molar refractivity (Wildman–Crippen MR) is 78.3 cm³/mol. The quantitative estimate of drug-likeness (QED) is 0.925. The first-order valence-electron chi connectivity index (χ1n) is 6.89. The standard InChI is InChI=1S/C15H21ClN2O/c1-2-3-15(19)18-9-12(8-14(17)10-18)11-4-6-13(16)7-5-11/h4-7,12,14H,2-3,8-10,17H2,1H3. The summed E-state index contributed by atoms with van der Waals surface area (Å²) in [7, 11) is 0. The van der Waals surface area contributed by atoms with Crippen LogP contribution in [-0.2, 0) is 4.79 Å². The van der Waals surface area contributed by atoms with Crippen molar-refractivity contribution >= 4 is 17.5 Å². The van der Waals surface area contributed by atoms with Crippen molar-refractivity contribution in [1.29, 1.82) is 0 Å². The Balaban J connectivity index is 2.09. The zero-order chi connectivity index (χ0) is 13.8. The van der Waals surface area contributed by atoms with Crippen LogP contribution in [0.4, 0.5) is 0 Å². The summed E-state index contributed by atoms with van der Waals surface area (Å²) in [5, 5.41) is 0.739. The van der Waals surface area contributed by atoms with Gasteiger partial charge in [-0.05, 0) is 30.5 Å². The number of likely N-dealkylation sites (tertiary alicyclic amines) is 1. The average Bonchev–Trinajstić information content (AvgIpc) is 2.39. The topological polar surface area (TPSA) is 46.3 Å². The molecule has 0 spiro atoms. The van der Waals surface area contributed by atoms with Gasteiger partial charge in [0, 0.05) is 36.5 Å². The van der Waals surface area contributed by atoms with Gasteiger partial charge >= 0.3 is 0 Å². The van der Waals surface area contributed by atoms with Gasteiger partial charge in [0.15, 0.2) is 0 Å². The Labute approximate surface area is 119 Å². The molecule has 2 atom stereocenters. The molecule has 1 amide bonds.